The third kappa shape index (κ3) is 3.24. The van der Waals surface area contributed by atoms with Gasteiger partial charge in [0.2, 0.25) is 0 Å². The van der Waals surface area contributed by atoms with Crippen molar-refractivity contribution in [1.82, 2.24) is 0 Å². The highest BCUT2D eigenvalue weighted by Crippen LogP contribution is 2.27. The third-order valence-corrected chi connectivity index (χ3v) is 2.94. The molecule has 0 saturated carbocycles. The average molecular weight is 321 g/mol. The summed E-state index contributed by atoms with van der Waals surface area (Å²) in [6, 6.07) is 11.6. The van der Waals surface area contributed by atoms with Crippen molar-refractivity contribution >= 4 is 27.3 Å². The number of benzene rings is 2. The van der Waals surface area contributed by atoms with Gasteiger partial charge < -0.3 is 10.1 Å². The lowest BCUT2D eigenvalue weighted by molar-refractivity contribution is 0.415. The Labute approximate surface area is 118 Å². The molecule has 96 valence electrons. The average Bonchev–Trinajstić information content (AvgIpc) is 2.38. The van der Waals surface area contributed by atoms with Gasteiger partial charge in [0, 0.05) is 21.9 Å². The van der Waals surface area contributed by atoms with Gasteiger partial charge in [-0.1, -0.05) is 15.9 Å². The van der Waals surface area contributed by atoms with Crippen molar-refractivity contribution in [3.63, 3.8) is 0 Å². The summed E-state index contributed by atoms with van der Waals surface area (Å²) in [7, 11) is 1.58. The number of hydrogen-bond donors (Lipinski definition) is 1. The molecule has 0 aromatic heterocycles. The van der Waals surface area contributed by atoms with Crippen LogP contribution < -0.4 is 10.1 Å². The molecule has 0 amide bonds. The molecule has 2 aromatic rings. The largest absolute Gasteiger partial charge is 0.497 e. The minimum Gasteiger partial charge on any atom is -0.497 e. The summed E-state index contributed by atoms with van der Waals surface area (Å²) in [5.41, 5.74) is 1.35. The molecule has 0 saturated heterocycles. The van der Waals surface area contributed by atoms with E-state index in [-0.39, 0.29) is 5.56 Å². The maximum atomic E-state index is 13.5. The Bertz CT molecular complexity index is 652. The van der Waals surface area contributed by atoms with Crippen molar-refractivity contribution in [2.75, 3.05) is 12.4 Å². The number of hydrogen-bond acceptors (Lipinski definition) is 3. The van der Waals surface area contributed by atoms with Gasteiger partial charge in [0.1, 0.15) is 17.6 Å². The first kappa shape index (κ1) is 13.4. The topological polar surface area (TPSA) is 45.0 Å². The molecule has 0 aliphatic heterocycles. The first-order chi connectivity index (χ1) is 9.12. The van der Waals surface area contributed by atoms with Crippen LogP contribution in [0.5, 0.6) is 5.75 Å². The molecule has 0 bridgehead atoms. The van der Waals surface area contributed by atoms with Crippen LogP contribution in [0, 0.1) is 17.1 Å². The van der Waals surface area contributed by atoms with Crippen LogP contribution in [0.25, 0.3) is 0 Å². The molecular weight excluding hydrogens is 311 g/mol. The lowest BCUT2D eigenvalue weighted by Crippen LogP contribution is -1.94. The maximum Gasteiger partial charge on any atom is 0.143 e. The minimum atomic E-state index is -0.547. The van der Waals surface area contributed by atoms with E-state index >= 15 is 0 Å². The molecule has 0 atom stereocenters. The molecule has 1 N–H and O–H groups in total. The standard InChI is InChI=1S/C14H10BrFN2O/c1-19-13-5-10(15)4-12(6-13)18-11-3-2-9(8-17)14(16)7-11/h2-7,18H,1H3. The Balaban J connectivity index is 2.28. The smallest absolute Gasteiger partial charge is 0.143 e. The van der Waals surface area contributed by atoms with Crippen LogP contribution in [0.15, 0.2) is 40.9 Å². The summed E-state index contributed by atoms with van der Waals surface area (Å²) in [4.78, 5) is 0. The van der Waals surface area contributed by atoms with E-state index in [2.05, 4.69) is 21.2 Å². The molecule has 5 heteroatoms. The molecule has 0 aliphatic carbocycles. The Morgan fingerprint density at radius 2 is 2.00 bits per heavy atom. The van der Waals surface area contributed by atoms with Crippen LogP contribution in [0.3, 0.4) is 0 Å². The van der Waals surface area contributed by atoms with Gasteiger partial charge in [0.25, 0.3) is 0 Å². The van der Waals surface area contributed by atoms with Gasteiger partial charge in [-0.3, -0.25) is 0 Å². The third-order valence-electron chi connectivity index (χ3n) is 2.49. The molecule has 0 aliphatic rings. The van der Waals surface area contributed by atoms with Gasteiger partial charge in [-0.25, -0.2) is 4.39 Å². The molecule has 2 rings (SSSR count). The normalized spacial score (nSPS) is 9.79. The van der Waals surface area contributed by atoms with Crippen molar-refractivity contribution in [1.29, 1.82) is 5.26 Å². The van der Waals surface area contributed by atoms with Gasteiger partial charge in [-0.2, -0.15) is 5.26 Å². The Hall–Kier alpha value is -2.06. The molecule has 19 heavy (non-hydrogen) atoms. The highest BCUT2D eigenvalue weighted by Gasteiger charge is 2.04. The number of nitrogens with one attached hydrogen (secondary N) is 1. The molecule has 3 nitrogen and oxygen atoms in total. The second-order valence-corrected chi connectivity index (χ2v) is 4.73. The van der Waals surface area contributed by atoms with Crippen molar-refractivity contribution in [2.24, 2.45) is 0 Å². The zero-order chi connectivity index (χ0) is 13.8. The predicted octanol–water partition coefficient (Wildman–Crippen LogP) is 4.21. The Morgan fingerprint density at radius 1 is 1.21 bits per heavy atom. The van der Waals surface area contributed by atoms with Gasteiger partial charge in [0.15, 0.2) is 0 Å². The molecule has 0 spiro atoms. The summed E-state index contributed by atoms with van der Waals surface area (Å²) in [6.45, 7) is 0. The Kier molecular flexibility index (Phi) is 4.03. The number of methoxy groups -OCH3 is 1. The summed E-state index contributed by atoms with van der Waals surface area (Å²) in [6.07, 6.45) is 0. The molecule has 0 unspecified atom stereocenters. The lowest BCUT2D eigenvalue weighted by atomic mass is 10.2. The van der Waals surface area contributed by atoms with E-state index in [1.165, 1.54) is 12.1 Å². The van der Waals surface area contributed by atoms with Crippen LogP contribution in [0.4, 0.5) is 15.8 Å². The Morgan fingerprint density at radius 3 is 2.63 bits per heavy atom. The zero-order valence-corrected chi connectivity index (χ0v) is 11.7. The van der Waals surface area contributed by atoms with Crippen molar-refractivity contribution in [3.8, 4) is 11.8 Å². The van der Waals surface area contributed by atoms with Crippen LogP contribution in [0.1, 0.15) is 5.56 Å². The van der Waals surface area contributed by atoms with Crippen LogP contribution >= 0.6 is 15.9 Å². The fraction of sp³-hybridized carbons (Fsp3) is 0.0714. The quantitative estimate of drug-likeness (QED) is 0.921. The fourth-order valence-electron chi connectivity index (χ4n) is 1.60. The van der Waals surface area contributed by atoms with Crippen LogP contribution in [-0.2, 0) is 0 Å². The summed E-state index contributed by atoms with van der Waals surface area (Å²) in [5, 5.41) is 11.7. The van der Waals surface area contributed by atoms with Gasteiger partial charge >= 0.3 is 0 Å². The zero-order valence-electron chi connectivity index (χ0n) is 10.1. The maximum absolute atomic E-state index is 13.5. The highest BCUT2D eigenvalue weighted by atomic mass is 79.9. The fourth-order valence-corrected chi connectivity index (χ4v) is 2.08. The summed E-state index contributed by atoms with van der Waals surface area (Å²) >= 11 is 3.37. The number of ether oxygens (including phenoxy) is 1. The number of nitrogens with zero attached hydrogens (tertiary/aromatic N) is 1. The first-order valence-corrected chi connectivity index (χ1v) is 6.23. The van der Waals surface area contributed by atoms with E-state index in [1.807, 2.05) is 12.1 Å². The molecule has 0 radical (unpaired) electrons. The van der Waals surface area contributed by atoms with Crippen molar-refractivity contribution in [2.45, 2.75) is 0 Å². The van der Waals surface area contributed by atoms with E-state index in [9.17, 15) is 4.39 Å². The second kappa shape index (κ2) is 5.72. The SMILES string of the molecule is COc1cc(Br)cc(Nc2ccc(C#N)c(F)c2)c1. The van der Waals surface area contributed by atoms with E-state index in [0.717, 1.165) is 10.2 Å². The summed E-state index contributed by atoms with van der Waals surface area (Å²) in [5.74, 6) is 0.139. The second-order valence-electron chi connectivity index (χ2n) is 3.81. The number of nitriles is 1. The highest BCUT2D eigenvalue weighted by molar-refractivity contribution is 9.10. The predicted molar refractivity (Wildman–Crippen MR) is 75.1 cm³/mol. The number of halogens is 2. The number of anilines is 2. The van der Waals surface area contributed by atoms with E-state index < -0.39 is 5.82 Å². The van der Waals surface area contributed by atoms with E-state index in [1.54, 1.807) is 25.3 Å². The molecule has 0 fully saturated rings. The van der Waals surface area contributed by atoms with Crippen molar-refractivity contribution in [3.05, 3.63) is 52.3 Å². The number of rotatable bonds is 3. The first-order valence-electron chi connectivity index (χ1n) is 5.43. The van der Waals surface area contributed by atoms with Crippen LogP contribution in [0.2, 0.25) is 0 Å². The molecule has 0 heterocycles. The van der Waals surface area contributed by atoms with Crippen molar-refractivity contribution < 1.29 is 9.13 Å². The minimum absolute atomic E-state index is 0.0253. The lowest BCUT2D eigenvalue weighted by Gasteiger charge is -2.09. The monoisotopic (exact) mass is 320 g/mol. The van der Waals surface area contributed by atoms with E-state index in [4.69, 9.17) is 10.00 Å². The van der Waals surface area contributed by atoms with Gasteiger partial charge in [-0.05, 0) is 30.3 Å². The molecule has 2 aromatic carbocycles. The van der Waals surface area contributed by atoms with Gasteiger partial charge in [-0.15, -0.1) is 0 Å². The van der Waals surface area contributed by atoms with E-state index in [0.29, 0.717) is 11.4 Å². The van der Waals surface area contributed by atoms with Gasteiger partial charge in [0.05, 0.1) is 12.7 Å². The summed E-state index contributed by atoms with van der Waals surface area (Å²) < 4.78 is 19.5. The molecular formula is C14H10BrFN2O. The van der Waals surface area contributed by atoms with Crippen LogP contribution in [-0.4, -0.2) is 7.11 Å².